The van der Waals surface area contributed by atoms with Crippen LogP contribution in [0.2, 0.25) is 0 Å². The monoisotopic (exact) mass is 452 g/mol. The van der Waals surface area contributed by atoms with Crippen LogP contribution in [0.1, 0.15) is 26.7 Å². The van der Waals surface area contributed by atoms with E-state index < -0.39 is 6.04 Å². The number of likely N-dealkylation sites (tertiary alicyclic amines) is 1. The Kier molecular flexibility index (Phi) is 7.37. The number of carbonyl (C=O) groups is 2. The number of para-hydroxylation sites is 1. The van der Waals surface area contributed by atoms with Gasteiger partial charge >= 0.3 is 0 Å². The normalized spacial score (nSPS) is 15.3. The lowest BCUT2D eigenvalue weighted by Crippen LogP contribution is -2.49. The molecular formula is C25H32N4O2S. The lowest BCUT2D eigenvalue weighted by molar-refractivity contribution is -0.127. The molecule has 0 saturated carbocycles. The molecule has 0 aliphatic carbocycles. The molecule has 0 spiro atoms. The van der Waals surface area contributed by atoms with Crippen molar-refractivity contribution in [2.24, 2.45) is 0 Å². The van der Waals surface area contributed by atoms with E-state index in [9.17, 15) is 9.59 Å². The smallest absolute Gasteiger partial charge is 0.243 e. The summed E-state index contributed by atoms with van der Waals surface area (Å²) in [5.41, 5.74) is 2.46. The second kappa shape index (κ2) is 10.4. The summed E-state index contributed by atoms with van der Waals surface area (Å²) in [4.78, 5) is 27.9. The Labute approximate surface area is 193 Å². The van der Waals surface area contributed by atoms with Crippen LogP contribution < -0.4 is 10.6 Å². The van der Waals surface area contributed by atoms with Crippen LogP contribution in [-0.2, 0) is 16.1 Å². The molecule has 32 heavy (non-hydrogen) atoms. The SMILES string of the molecule is CCn1c2ccccc2c2cc(SCC(NC(C)=O)C(=O)NCCN3CCCC3)ccc21. The van der Waals surface area contributed by atoms with E-state index in [-0.39, 0.29) is 11.8 Å². The fourth-order valence-electron chi connectivity index (χ4n) is 4.54. The van der Waals surface area contributed by atoms with Gasteiger partial charge in [0, 0.05) is 59.0 Å². The van der Waals surface area contributed by atoms with Gasteiger partial charge in [-0.25, -0.2) is 0 Å². The number of rotatable bonds is 9. The number of amides is 2. The van der Waals surface area contributed by atoms with E-state index in [4.69, 9.17) is 0 Å². The van der Waals surface area contributed by atoms with Gasteiger partial charge in [0.2, 0.25) is 11.8 Å². The molecular weight excluding hydrogens is 420 g/mol. The van der Waals surface area contributed by atoms with Crippen LogP contribution in [0, 0.1) is 0 Å². The van der Waals surface area contributed by atoms with Crippen molar-refractivity contribution in [3.05, 3.63) is 42.5 Å². The third-order valence-corrected chi connectivity index (χ3v) is 7.18. The molecule has 1 saturated heterocycles. The number of carbonyl (C=O) groups excluding carboxylic acids is 2. The molecule has 4 rings (SSSR count). The van der Waals surface area contributed by atoms with E-state index in [1.807, 2.05) is 0 Å². The molecule has 2 heterocycles. The third-order valence-electron chi connectivity index (χ3n) is 6.10. The number of benzene rings is 2. The number of hydrogen-bond acceptors (Lipinski definition) is 4. The maximum absolute atomic E-state index is 12.7. The number of hydrogen-bond donors (Lipinski definition) is 2. The summed E-state index contributed by atoms with van der Waals surface area (Å²) < 4.78 is 2.33. The first-order valence-corrected chi connectivity index (χ1v) is 12.5. The quantitative estimate of drug-likeness (QED) is 0.487. The zero-order chi connectivity index (χ0) is 22.5. The van der Waals surface area contributed by atoms with E-state index in [1.165, 1.54) is 41.6 Å². The summed E-state index contributed by atoms with van der Waals surface area (Å²) >= 11 is 1.60. The average Bonchev–Trinajstić information content (AvgIpc) is 3.42. The zero-order valence-electron chi connectivity index (χ0n) is 18.9. The number of aryl methyl sites for hydroxylation is 1. The highest BCUT2D eigenvalue weighted by atomic mass is 32.2. The van der Waals surface area contributed by atoms with Gasteiger partial charge in [-0.1, -0.05) is 18.2 Å². The number of thioether (sulfide) groups is 1. The van der Waals surface area contributed by atoms with E-state index in [2.05, 4.69) is 69.5 Å². The highest BCUT2D eigenvalue weighted by Gasteiger charge is 2.20. The Morgan fingerprint density at radius 3 is 2.56 bits per heavy atom. The van der Waals surface area contributed by atoms with Crippen LogP contribution in [0.15, 0.2) is 47.4 Å². The lowest BCUT2D eigenvalue weighted by atomic mass is 10.1. The van der Waals surface area contributed by atoms with Crippen molar-refractivity contribution < 1.29 is 9.59 Å². The Morgan fingerprint density at radius 2 is 1.81 bits per heavy atom. The number of aromatic nitrogens is 1. The minimum absolute atomic E-state index is 0.115. The first kappa shape index (κ1) is 22.7. The van der Waals surface area contributed by atoms with Crippen molar-refractivity contribution in [1.82, 2.24) is 20.1 Å². The summed E-state index contributed by atoms with van der Waals surface area (Å²) in [6.45, 7) is 8.23. The van der Waals surface area contributed by atoms with E-state index >= 15 is 0 Å². The third kappa shape index (κ3) is 5.10. The summed E-state index contributed by atoms with van der Waals surface area (Å²) in [6, 6.07) is 14.4. The molecule has 170 valence electrons. The molecule has 0 bridgehead atoms. The Bertz CT molecular complexity index is 1100. The first-order valence-electron chi connectivity index (χ1n) is 11.5. The van der Waals surface area contributed by atoms with Crippen LogP contribution >= 0.6 is 11.8 Å². The maximum atomic E-state index is 12.7. The summed E-state index contributed by atoms with van der Waals surface area (Å²) in [7, 11) is 0. The molecule has 2 aromatic carbocycles. The molecule has 2 N–H and O–H groups in total. The minimum Gasteiger partial charge on any atom is -0.353 e. The first-order chi connectivity index (χ1) is 15.6. The summed E-state index contributed by atoms with van der Waals surface area (Å²) in [5, 5.41) is 8.28. The Hall–Kier alpha value is -2.51. The van der Waals surface area contributed by atoms with Gasteiger partial charge in [-0.3, -0.25) is 9.59 Å². The maximum Gasteiger partial charge on any atom is 0.243 e. The summed E-state index contributed by atoms with van der Waals surface area (Å²) in [6.07, 6.45) is 2.47. The second-order valence-electron chi connectivity index (χ2n) is 8.34. The second-order valence-corrected chi connectivity index (χ2v) is 9.44. The number of fused-ring (bicyclic) bond motifs is 3. The molecule has 3 aromatic rings. The average molecular weight is 453 g/mol. The molecule has 6 nitrogen and oxygen atoms in total. The minimum atomic E-state index is -0.552. The zero-order valence-corrected chi connectivity index (χ0v) is 19.7. The van der Waals surface area contributed by atoms with Crippen molar-refractivity contribution >= 4 is 45.4 Å². The molecule has 1 aliphatic rings. The van der Waals surface area contributed by atoms with Crippen LogP contribution in [0.25, 0.3) is 21.8 Å². The van der Waals surface area contributed by atoms with Crippen molar-refractivity contribution in [3.63, 3.8) is 0 Å². The van der Waals surface area contributed by atoms with Crippen molar-refractivity contribution in [1.29, 1.82) is 0 Å². The summed E-state index contributed by atoms with van der Waals surface area (Å²) in [5.74, 6) is 0.190. The topological polar surface area (TPSA) is 66.4 Å². The van der Waals surface area contributed by atoms with Crippen molar-refractivity contribution in [2.45, 2.75) is 44.2 Å². The van der Waals surface area contributed by atoms with Gasteiger partial charge in [0.05, 0.1) is 0 Å². The molecule has 1 fully saturated rings. The van der Waals surface area contributed by atoms with Gasteiger partial charge < -0.3 is 20.1 Å². The highest BCUT2D eigenvalue weighted by Crippen LogP contribution is 2.32. The number of nitrogens with zero attached hydrogens (tertiary/aromatic N) is 2. The molecule has 1 unspecified atom stereocenters. The van der Waals surface area contributed by atoms with Crippen molar-refractivity contribution in [2.75, 3.05) is 31.9 Å². The predicted molar refractivity (Wildman–Crippen MR) is 132 cm³/mol. The predicted octanol–water partition coefficient (Wildman–Crippen LogP) is 3.62. The van der Waals surface area contributed by atoms with Gasteiger partial charge in [-0.15, -0.1) is 11.8 Å². The van der Waals surface area contributed by atoms with Crippen LogP contribution in [0.3, 0.4) is 0 Å². The van der Waals surface area contributed by atoms with Gasteiger partial charge in [0.25, 0.3) is 0 Å². The van der Waals surface area contributed by atoms with E-state index in [0.29, 0.717) is 12.3 Å². The standard InChI is InChI=1S/C25H32N4O2S/c1-3-29-23-9-5-4-8-20(23)21-16-19(10-11-24(21)29)32-17-22(27-18(2)30)25(31)26-12-15-28-13-6-7-14-28/h4-5,8-11,16,22H,3,6-7,12-15,17H2,1-2H3,(H,26,31)(H,27,30). The Balaban J connectivity index is 1.44. The van der Waals surface area contributed by atoms with Crippen molar-refractivity contribution in [3.8, 4) is 0 Å². The molecule has 2 amide bonds. The Morgan fingerprint density at radius 1 is 1.06 bits per heavy atom. The van der Waals surface area contributed by atoms with Crippen LogP contribution in [0.4, 0.5) is 0 Å². The molecule has 1 aliphatic heterocycles. The largest absolute Gasteiger partial charge is 0.353 e. The van der Waals surface area contributed by atoms with Gasteiger partial charge in [-0.05, 0) is 57.1 Å². The fraction of sp³-hybridized carbons (Fsp3) is 0.440. The molecule has 1 atom stereocenters. The lowest BCUT2D eigenvalue weighted by Gasteiger charge is -2.19. The van der Waals surface area contributed by atoms with E-state index in [0.717, 1.165) is 31.1 Å². The van der Waals surface area contributed by atoms with Gasteiger partial charge in [0.1, 0.15) is 6.04 Å². The van der Waals surface area contributed by atoms with Crippen LogP contribution in [-0.4, -0.2) is 59.3 Å². The van der Waals surface area contributed by atoms with Gasteiger partial charge in [-0.2, -0.15) is 0 Å². The molecule has 0 radical (unpaired) electrons. The highest BCUT2D eigenvalue weighted by molar-refractivity contribution is 7.99. The number of nitrogens with one attached hydrogen (secondary N) is 2. The molecule has 7 heteroatoms. The van der Waals surface area contributed by atoms with Crippen LogP contribution in [0.5, 0.6) is 0 Å². The van der Waals surface area contributed by atoms with E-state index in [1.54, 1.807) is 11.8 Å². The fourth-order valence-corrected chi connectivity index (χ4v) is 5.50. The molecule has 1 aromatic heterocycles. The van der Waals surface area contributed by atoms with Gasteiger partial charge in [0.15, 0.2) is 0 Å².